The van der Waals surface area contributed by atoms with E-state index in [9.17, 15) is 8.42 Å². The van der Waals surface area contributed by atoms with Crippen molar-refractivity contribution < 1.29 is 29.9 Å². The molecular weight excluding hydrogens is 592 g/mol. The Hall–Kier alpha value is -0.430. The molecule has 2 rings (SSSR count). The van der Waals surface area contributed by atoms with E-state index in [1.807, 2.05) is 0 Å². The molecule has 0 spiro atoms. The maximum Gasteiger partial charge on any atom is 0.214 e. The second kappa shape index (κ2) is 20.5. The minimum atomic E-state index is -3.13. The molecule has 1 aromatic carbocycles. The summed E-state index contributed by atoms with van der Waals surface area (Å²) in [6, 6.07) is 9.08. The molecule has 240 valence electrons. The van der Waals surface area contributed by atoms with Crippen molar-refractivity contribution in [1.29, 1.82) is 0 Å². The Labute approximate surface area is 266 Å². The molecule has 1 aromatic rings. The zero-order valence-corrected chi connectivity index (χ0v) is 30.0. The van der Waals surface area contributed by atoms with Crippen molar-refractivity contribution in [2.75, 3.05) is 38.5 Å². The van der Waals surface area contributed by atoms with Gasteiger partial charge in [0.1, 0.15) is 6.54 Å². The van der Waals surface area contributed by atoms with Crippen LogP contribution in [0.1, 0.15) is 148 Å². The number of sulfonamides is 1. The van der Waals surface area contributed by atoms with Gasteiger partial charge in [0.25, 0.3) is 0 Å². The molecule has 0 atom stereocenters. The Morgan fingerprint density at radius 1 is 0.683 bits per heavy atom. The zero-order valence-electron chi connectivity index (χ0n) is 27.6. The number of piperazine rings is 1. The van der Waals surface area contributed by atoms with E-state index in [-0.39, 0.29) is 22.4 Å². The van der Waals surface area contributed by atoms with Crippen LogP contribution in [0.4, 0.5) is 0 Å². The van der Waals surface area contributed by atoms with Crippen molar-refractivity contribution >= 4 is 10.0 Å². The molecule has 41 heavy (non-hydrogen) atoms. The molecular formula is C35H65BrN2O2S. The van der Waals surface area contributed by atoms with Crippen molar-refractivity contribution in [1.82, 2.24) is 4.31 Å². The summed E-state index contributed by atoms with van der Waals surface area (Å²) in [4.78, 5) is 0. The fourth-order valence-electron chi connectivity index (χ4n) is 6.19. The molecule has 6 heteroatoms. The van der Waals surface area contributed by atoms with Crippen LogP contribution in [0.15, 0.2) is 24.3 Å². The largest absolute Gasteiger partial charge is 1.00 e. The third-order valence-electron chi connectivity index (χ3n) is 9.31. The summed E-state index contributed by atoms with van der Waals surface area (Å²) >= 11 is 0. The number of rotatable bonds is 21. The monoisotopic (exact) mass is 656 g/mol. The molecule has 0 amide bonds. The van der Waals surface area contributed by atoms with E-state index >= 15 is 0 Å². The van der Waals surface area contributed by atoms with Crippen molar-refractivity contribution in [2.45, 2.75) is 149 Å². The minimum absolute atomic E-state index is 0. The van der Waals surface area contributed by atoms with Gasteiger partial charge < -0.3 is 21.5 Å². The van der Waals surface area contributed by atoms with Crippen LogP contribution in [-0.4, -0.2) is 55.7 Å². The Balaban J connectivity index is 0.00000840. The fourth-order valence-corrected chi connectivity index (χ4v) is 7.74. The summed E-state index contributed by atoms with van der Waals surface area (Å²) in [7, 11) is -3.13. The van der Waals surface area contributed by atoms with Gasteiger partial charge in [-0.3, -0.25) is 0 Å². The zero-order chi connectivity index (χ0) is 29.3. The van der Waals surface area contributed by atoms with Crippen LogP contribution in [-0.2, 0) is 22.0 Å². The molecule has 0 N–H and O–H groups in total. The topological polar surface area (TPSA) is 37.4 Å². The van der Waals surface area contributed by atoms with Gasteiger partial charge >= 0.3 is 0 Å². The predicted octanol–water partition coefficient (Wildman–Crippen LogP) is 6.23. The molecule has 0 unspecified atom stereocenters. The van der Waals surface area contributed by atoms with Gasteiger partial charge in [0.05, 0.1) is 38.5 Å². The summed E-state index contributed by atoms with van der Waals surface area (Å²) in [5, 5.41) is 0. The standard InChI is InChI=1S/C35H65N2O2S.BrH/c1-6-8-9-10-11-12-13-14-15-16-17-18-19-20-21-22-31-40(38,39)36-27-29-37(7-2,30-28-36)32-33-23-25-34(26-24-33)35(3,4)5;/h23-26H,6-22,27-32H2,1-5H3;1H/q+1;/p-1. The average Bonchev–Trinajstić information content (AvgIpc) is 2.93. The fraction of sp³-hybridized carbons (Fsp3) is 0.829. The van der Waals surface area contributed by atoms with Gasteiger partial charge in [0.2, 0.25) is 10.0 Å². The molecule has 0 aliphatic carbocycles. The third-order valence-corrected chi connectivity index (χ3v) is 11.3. The van der Waals surface area contributed by atoms with Crippen LogP contribution in [0.3, 0.4) is 0 Å². The van der Waals surface area contributed by atoms with E-state index in [1.165, 1.54) is 101 Å². The lowest BCUT2D eigenvalue weighted by Crippen LogP contribution is -3.00. The smallest absolute Gasteiger partial charge is 0.214 e. The number of likely N-dealkylation sites (N-methyl/N-ethyl adjacent to an activating group) is 1. The number of hydrogen-bond donors (Lipinski definition) is 0. The van der Waals surface area contributed by atoms with Gasteiger partial charge in [-0.1, -0.05) is 148 Å². The van der Waals surface area contributed by atoms with Crippen LogP contribution in [0.5, 0.6) is 0 Å². The van der Waals surface area contributed by atoms with Crippen LogP contribution in [0.25, 0.3) is 0 Å². The lowest BCUT2D eigenvalue weighted by molar-refractivity contribution is -0.942. The summed E-state index contributed by atoms with van der Waals surface area (Å²) in [6.07, 6.45) is 21.0. The molecule has 0 bridgehead atoms. The highest BCUT2D eigenvalue weighted by Crippen LogP contribution is 2.25. The Bertz CT molecular complexity index is 888. The summed E-state index contributed by atoms with van der Waals surface area (Å²) in [6.45, 7) is 16.5. The van der Waals surface area contributed by atoms with Gasteiger partial charge in [-0.05, 0) is 24.3 Å². The van der Waals surface area contributed by atoms with Crippen molar-refractivity contribution in [3.8, 4) is 0 Å². The molecule has 0 radical (unpaired) electrons. The number of unbranched alkanes of at least 4 members (excludes halogenated alkanes) is 15. The Kier molecular flexibility index (Phi) is 19.3. The van der Waals surface area contributed by atoms with Gasteiger partial charge in [0.15, 0.2) is 0 Å². The number of halogens is 1. The molecule has 1 aliphatic rings. The number of benzene rings is 1. The molecule has 1 fully saturated rings. The maximum atomic E-state index is 13.0. The van der Waals surface area contributed by atoms with E-state index in [2.05, 4.69) is 58.9 Å². The molecule has 1 aliphatic heterocycles. The van der Waals surface area contributed by atoms with E-state index in [0.717, 1.165) is 43.5 Å². The van der Waals surface area contributed by atoms with Crippen LogP contribution < -0.4 is 17.0 Å². The Morgan fingerprint density at radius 2 is 1.10 bits per heavy atom. The predicted molar refractivity (Wildman–Crippen MR) is 174 cm³/mol. The number of hydrogen-bond acceptors (Lipinski definition) is 2. The lowest BCUT2D eigenvalue weighted by atomic mass is 9.86. The number of quaternary nitrogens is 1. The van der Waals surface area contributed by atoms with E-state index < -0.39 is 10.0 Å². The van der Waals surface area contributed by atoms with Gasteiger partial charge in [0, 0.05) is 5.56 Å². The lowest BCUT2D eigenvalue weighted by Gasteiger charge is -2.44. The van der Waals surface area contributed by atoms with Crippen molar-refractivity contribution in [3.63, 3.8) is 0 Å². The molecule has 1 heterocycles. The van der Waals surface area contributed by atoms with Crippen LogP contribution in [0, 0.1) is 0 Å². The average molecular weight is 658 g/mol. The SMILES string of the molecule is CCCCCCCCCCCCCCCCCCS(=O)(=O)N1CC[N+](CC)(Cc2ccc(C(C)(C)C)cc2)CC1.[Br-]. The van der Waals surface area contributed by atoms with Crippen LogP contribution >= 0.6 is 0 Å². The van der Waals surface area contributed by atoms with Gasteiger partial charge in [-0.2, -0.15) is 4.31 Å². The first-order chi connectivity index (χ1) is 19.1. The normalized spacial score (nSPS) is 16.0. The third kappa shape index (κ3) is 15.2. The van der Waals surface area contributed by atoms with E-state index in [1.54, 1.807) is 4.31 Å². The summed E-state index contributed by atoms with van der Waals surface area (Å²) < 4.78 is 28.9. The highest BCUT2D eigenvalue weighted by molar-refractivity contribution is 7.89. The van der Waals surface area contributed by atoms with Crippen molar-refractivity contribution in [3.05, 3.63) is 35.4 Å². The molecule has 0 aromatic heterocycles. The first-order valence-corrected chi connectivity index (χ1v) is 18.7. The van der Waals surface area contributed by atoms with Gasteiger partial charge in [-0.25, -0.2) is 8.42 Å². The first-order valence-electron chi connectivity index (χ1n) is 17.0. The molecule has 1 saturated heterocycles. The quantitative estimate of drug-likeness (QED) is 0.116. The van der Waals surface area contributed by atoms with E-state index in [4.69, 9.17) is 0 Å². The minimum Gasteiger partial charge on any atom is -1.00 e. The molecule has 0 saturated carbocycles. The highest BCUT2D eigenvalue weighted by atomic mass is 79.9. The summed E-state index contributed by atoms with van der Waals surface area (Å²) in [5.74, 6) is 0.325. The van der Waals surface area contributed by atoms with Crippen LogP contribution in [0.2, 0.25) is 0 Å². The highest BCUT2D eigenvalue weighted by Gasteiger charge is 2.36. The second-order valence-electron chi connectivity index (χ2n) is 13.7. The maximum absolute atomic E-state index is 13.0. The Morgan fingerprint density at radius 3 is 1.49 bits per heavy atom. The van der Waals surface area contributed by atoms with Gasteiger partial charge in [-0.15, -0.1) is 0 Å². The number of nitrogens with zero attached hydrogens (tertiary/aromatic N) is 2. The van der Waals surface area contributed by atoms with E-state index in [0.29, 0.717) is 18.8 Å². The summed E-state index contributed by atoms with van der Waals surface area (Å²) in [5.41, 5.74) is 2.89. The first kappa shape index (κ1) is 38.6. The van der Waals surface area contributed by atoms with Crippen molar-refractivity contribution in [2.24, 2.45) is 0 Å². The molecule has 4 nitrogen and oxygen atoms in total. The second-order valence-corrected chi connectivity index (χ2v) is 15.8.